The molecule has 40 heavy (non-hydrogen) atoms. The van der Waals surface area contributed by atoms with Crippen molar-refractivity contribution in [1.29, 1.82) is 0 Å². The maximum Gasteiger partial charge on any atom is 0.350 e. The Morgan fingerprint density at radius 1 is 0.950 bits per heavy atom. The summed E-state index contributed by atoms with van der Waals surface area (Å²) >= 11 is 0. The third-order valence-electron chi connectivity index (χ3n) is 6.52. The number of nitrogens with zero attached hydrogens (tertiary/aromatic N) is 3. The van der Waals surface area contributed by atoms with Crippen molar-refractivity contribution < 1.29 is 54.3 Å². The van der Waals surface area contributed by atoms with Crippen LogP contribution in [0.5, 0.6) is 0 Å². The fraction of sp³-hybridized carbons (Fsp3) is 0.385. The molecule has 3 aliphatic rings. The third-order valence-corrected chi connectivity index (χ3v) is 6.52. The molecule has 3 atom stereocenters. The van der Waals surface area contributed by atoms with E-state index >= 15 is 0 Å². The Labute approximate surface area is 227 Å². The first-order valence-corrected chi connectivity index (χ1v) is 12.1. The van der Waals surface area contributed by atoms with Crippen LogP contribution in [0.15, 0.2) is 53.6 Å². The Hall–Kier alpha value is -4.11. The number of aliphatic hydroxyl groups is 2. The molecular weight excluding hydrogens is 533 g/mol. The number of carbonyl (C=O) groups is 5. The lowest BCUT2D eigenvalue weighted by atomic mass is 9.89. The summed E-state index contributed by atoms with van der Waals surface area (Å²) in [5.41, 5.74) is 1.04. The first kappa shape index (κ1) is 32.1. The van der Waals surface area contributed by atoms with Crippen molar-refractivity contribution in [3.63, 3.8) is 0 Å². The number of carboxylic acids is 2. The van der Waals surface area contributed by atoms with E-state index in [1.165, 1.54) is 29.2 Å². The van der Waals surface area contributed by atoms with Gasteiger partial charge >= 0.3 is 18.0 Å². The number of amides is 3. The Bertz CT molecular complexity index is 1190. The van der Waals surface area contributed by atoms with Crippen molar-refractivity contribution in [3.05, 3.63) is 60.0 Å². The molecule has 1 aliphatic carbocycles. The normalized spacial score (nSPS) is 20.3. The zero-order chi connectivity index (χ0) is 28.7. The summed E-state index contributed by atoms with van der Waals surface area (Å²) in [6.45, 7) is 2.29. The van der Waals surface area contributed by atoms with Gasteiger partial charge in [0.2, 0.25) is 5.91 Å². The number of Topliss-reactive ketones (excluding diaryl/α,β-unsaturated/α-hetero) is 1. The number of likely N-dealkylation sites (tertiary alicyclic amines) is 1. The summed E-state index contributed by atoms with van der Waals surface area (Å²) in [7, 11) is 0. The lowest BCUT2D eigenvalue weighted by molar-refractivity contribution is -0.165. The lowest BCUT2D eigenvalue weighted by Gasteiger charge is -2.34. The predicted molar refractivity (Wildman–Crippen MR) is 137 cm³/mol. The fourth-order valence-electron chi connectivity index (χ4n) is 4.27. The summed E-state index contributed by atoms with van der Waals surface area (Å²) in [6, 6.07) is 5.16. The van der Waals surface area contributed by atoms with Crippen LogP contribution in [0.1, 0.15) is 23.2 Å². The third kappa shape index (κ3) is 7.95. The number of allylic oxidation sites excluding steroid dienone is 3. The number of benzene rings is 1. The van der Waals surface area contributed by atoms with Gasteiger partial charge in [0.1, 0.15) is 5.82 Å². The number of imide groups is 1. The quantitative estimate of drug-likeness (QED) is 0.308. The summed E-state index contributed by atoms with van der Waals surface area (Å²) < 4.78 is 13.0. The van der Waals surface area contributed by atoms with Gasteiger partial charge in [-0.15, -0.1) is 0 Å². The van der Waals surface area contributed by atoms with Crippen molar-refractivity contribution >= 4 is 35.4 Å². The number of halogens is 1. The van der Waals surface area contributed by atoms with Crippen molar-refractivity contribution in [2.45, 2.75) is 25.0 Å². The summed E-state index contributed by atoms with van der Waals surface area (Å²) in [6.07, 6.45) is 3.89. The molecule has 2 aliphatic heterocycles. The minimum Gasteiger partial charge on any atom is -0.479 e. The van der Waals surface area contributed by atoms with E-state index in [1.54, 1.807) is 24.3 Å². The van der Waals surface area contributed by atoms with Crippen LogP contribution in [0, 0.1) is 17.7 Å². The predicted octanol–water partition coefficient (Wildman–Crippen LogP) is -0.0815. The van der Waals surface area contributed by atoms with Crippen LogP contribution in [0.25, 0.3) is 0 Å². The van der Waals surface area contributed by atoms with Crippen molar-refractivity contribution in [2.24, 2.45) is 16.8 Å². The highest BCUT2D eigenvalue weighted by molar-refractivity contribution is 6.21. The molecule has 6 N–H and O–H groups in total. The van der Waals surface area contributed by atoms with Gasteiger partial charge in [0.25, 0.3) is 0 Å². The number of piperidine rings is 1. The number of fused-ring (bicyclic) bond motifs is 1. The number of aliphatic carboxylic acids is 2. The molecule has 1 aromatic rings. The molecule has 0 bridgehead atoms. The molecule has 1 saturated heterocycles. The molecule has 216 valence electrons. The first-order valence-electron chi connectivity index (χ1n) is 12.1. The largest absolute Gasteiger partial charge is 0.479 e. The molecule has 1 fully saturated rings. The fourth-order valence-corrected chi connectivity index (χ4v) is 4.27. The van der Waals surface area contributed by atoms with E-state index in [4.69, 9.17) is 20.4 Å². The average Bonchev–Trinajstić information content (AvgIpc) is 2.92. The molecule has 0 aromatic heterocycles. The molecule has 0 spiro atoms. The number of carboxylic acid groups (broad SMARTS) is 2. The monoisotopic (exact) mass is 563 g/mol. The minimum atomic E-state index is -2.27. The Balaban J connectivity index is 0.000000439. The highest BCUT2D eigenvalue weighted by Gasteiger charge is 2.36. The average molecular weight is 564 g/mol. The van der Waals surface area contributed by atoms with E-state index in [2.05, 4.69) is 9.89 Å². The van der Waals surface area contributed by atoms with Gasteiger partial charge in [0.05, 0.1) is 11.6 Å². The molecule has 1 aromatic carbocycles. The number of hydrogen-bond donors (Lipinski definition) is 4. The summed E-state index contributed by atoms with van der Waals surface area (Å²) in [5.74, 6) is -4.63. The maximum atomic E-state index is 13.0. The number of aliphatic hydroxyl groups excluding tert-OH is 2. The van der Waals surface area contributed by atoms with Crippen LogP contribution >= 0.6 is 0 Å². The van der Waals surface area contributed by atoms with E-state index in [0.717, 1.165) is 0 Å². The lowest BCUT2D eigenvalue weighted by Crippen LogP contribution is -2.49. The highest BCUT2D eigenvalue weighted by Crippen LogP contribution is 2.23. The second-order valence-electron chi connectivity index (χ2n) is 9.08. The van der Waals surface area contributed by atoms with Gasteiger partial charge in [-0.1, -0.05) is 18.2 Å². The maximum absolute atomic E-state index is 13.0. The van der Waals surface area contributed by atoms with Crippen LogP contribution in [0.3, 0.4) is 0 Å². The molecule has 3 amide bonds. The van der Waals surface area contributed by atoms with Crippen molar-refractivity contribution in [2.75, 3.05) is 26.2 Å². The molecule has 0 radical (unpaired) electrons. The number of urea groups is 1. The van der Waals surface area contributed by atoms with Crippen molar-refractivity contribution in [3.8, 4) is 0 Å². The van der Waals surface area contributed by atoms with Gasteiger partial charge in [0, 0.05) is 24.6 Å². The van der Waals surface area contributed by atoms with Crippen LogP contribution < -0.4 is 0 Å². The van der Waals surface area contributed by atoms with Gasteiger partial charge in [0.15, 0.2) is 18.0 Å². The smallest absolute Gasteiger partial charge is 0.350 e. The van der Waals surface area contributed by atoms with E-state index in [-0.39, 0.29) is 28.9 Å². The summed E-state index contributed by atoms with van der Waals surface area (Å²) in [4.78, 5) is 64.4. The number of rotatable bonds is 8. The second-order valence-corrected chi connectivity index (χ2v) is 9.08. The molecule has 2 heterocycles. The van der Waals surface area contributed by atoms with Crippen LogP contribution in [-0.4, -0.2) is 109 Å². The van der Waals surface area contributed by atoms with Gasteiger partial charge in [-0.3, -0.25) is 14.5 Å². The van der Waals surface area contributed by atoms with Crippen molar-refractivity contribution in [1.82, 2.24) is 9.80 Å². The van der Waals surface area contributed by atoms with Gasteiger partial charge in [-0.2, -0.15) is 4.99 Å². The van der Waals surface area contributed by atoms with E-state index < -0.39 is 36.1 Å². The minimum absolute atomic E-state index is 0. The van der Waals surface area contributed by atoms with Gasteiger partial charge in [-0.05, 0) is 56.3 Å². The molecule has 1 unspecified atom stereocenters. The molecular formula is C26H30FN3O10. The van der Waals surface area contributed by atoms with E-state index in [1.807, 2.05) is 0 Å². The molecule has 13 nitrogen and oxygen atoms in total. The number of aliphatic imine (C=N–C) groups is 1. The number of hydrogen-bond acceptors (Lipinski definition) is 8. The van der Waals surface area contributed by atoms with Crippen LogP contribution in [0.2, 0.25) is 0 Å². The van der Waals surface area contributed by atoms with Crippen LogP contribution in [-0.2, 0) is 14.4 Å². The summed E-state index contributed by atoms with van der Waals surface area (Å²) in [5, 5.41) is 32.5. The second kappa shape index (κ2) is 14.3. The zero-order valence-corrected chi connectivity index (χ0v) is 21.2. The molecule has 4 rings (SSSR count). The molecule has 14 heteroatoms. The van der Waals surface area contributed by atoms with E-state index in [0.29, 0.717) is 50.3 Å². The topological polar surface area (TPSA) is 217 Å². The van der Waals surface area contributed by atoms with Gasteiger partial charge in [-0.25, -0.2) is 18.8 Å². The highest BCUT2D eigenvalue weighted by atomic mass is 19.1. The Morgan fingerprint density at radius 3 is 2.08 bits per heavy atom. The van der Waals surface area contributed by atoms with Gasteiger partial charge < -0.3 is 30.8 Å². The first-order chi connectivity index (χ1) is 18.5. The Kier molecular flexibility index (Phi) is 11.5. The SMILES string of the molecule is O.O=C(O)[C@H](O)[C@@H](O)C(=O)O.O=C(c1ccc(F)cc1)C1CCN(CCN2C(=O)N=C3C=CC=CC3C2=O)CC1. The number of ketones is 1. The Morgan fingerprint density at radius 2 is 1.52 bits per heavy atom. The molecule has 0 saturated carbocycles. The van der Waals surface area contributed by atoms with Crippen LogP contribution in [0.4, 0.5) is 9.18 Å². The standard InChI is InChI=1S/C22H22FN3O3.C4H6O6.H2O/c23-17-7-5-15(6-8-17)20(27)16-9-11-25(12-10-16)13-14-26-21(28)18-3-1-2-4-19(18)24-22(26)29;5-1(3(7)8)2(6)4(9)10;/h1-8,16,18H,9-14H2;1-2,5-6H,(H,7,8)(H,9,10);1H2/t;1-,2-;/m.1./s1. The number of carbonyl (C=O) groups excluding carboxylic acids is 3. The van der Waals surface area contributed by atoms with E-state index in [9.17, 15) is 28.4 Å². The zero-order valence-electron chi connectivity index (χ0n) is 21.2.